The predicted octanol–water partition coefficient (Wildman–Crippen LogP) is 2.28. The molecule has 0 atom stereocenters. The number of anilines is 2. The van der Waals surface area contributed by atoms with E-state index in [1.54, 1.807) is 19.1 Å². The fraction of sp³-hybridized carbons (Fsp3) is 0.263. The summed E-state index contributed by atoms with van der Waals surface area (Å²) in [6, 6.07) is 13.4. The first-order chi connectivity index (χ1) is 14.2. The average molecular weight is 451 g/mol. The van der Waals surface area contributed by atoms with E-state index in [-0.39, 0.29) is 29.2 Å². The molecule has 11 heteroatoms. The molecule has 0 fully saturated rings. The fourth-order valence-corrected chi connectivity index (χ4v) is 4.60. The lowest BCUT2D eigenvalue weighted by Gasteiger charge is -2.09. The molecule has 30 heavy (non-hydrogen) atoms. The van der Waals surface area contributed by atoms with Crippen molar-refractivity contribution in [2.45, 2.75) is 24.7 Å². The van der Waals surface area contributed by atoms with Gasteiger partial charge in [-0.25, -0.2) is 21.6 Å². The number of rotatable bonds is 10. The molecule has 0 aliphatic rings. The lowest BCUT2D eigenvalue weighted by Crippen LogP contribution is -2.24. The summed E-state index contributed by atoms with van der Waals surface area (Å²) in [5.41, 5.74) is 1.09. The van der Waals surface area contributed by atoms with Gasteiger partial charge in [-0.3, -0.25) is 9.52 Å². The van der Waals surface area contributed by atoms with Crippen molar-refractivity contribution in [2.24, 2.45) is 0 Å². The van der Waals surface area contributed by atoms with Crippen LogP contribution in [0.15, 0.2) is 53.4 Å². The van der Waals surface area contributed by atoms with Crippen molar-refractivity contribution in [2.75, 3.05) is 22.3 Å². The monoisotopic (exact) mass is 450 g/mol. The van der Waals surface area contributed by atoms with Crippen LogP contribution in [0.3, 0.4) is 0 Å². The molecule has 1 amide bonds. The maximum atomic E-state index is 12.4. The van der Waals surface area contributed by atoms with E-state index in [1.165, 1.54) is 36.4 Å². The molecule has 2 aromatic rings. The van der Waals surface area contributed by atoms with Gasteiger partial charge in [-0.15, -0.1) is 0 Å². The molecule has 0 bridgehead atoms. The highest BCUT2D eigenvalue weighted by atomic mass is 32.2. The van der Waals surface area contributed by atoms with Gasteiger partial charge in [-0.2, -0.15) is 5.26 Å². The third-order valence-corrected chi connectivity index (χ3v) is 6.81. The van der Waals surface area contributed by atoms with Gasteiger partial charge >= 0.3 is 0 Å². The highest BCUT2D eigenvalue weighted by Crippen LogP contribution is 2.17. The SMILES string of the molecule is CCCS(=O)(=O)Nc1ccc(NC(=O)c2ccc(S(=O)(=O)NCCC#N)cc2)cc1. The molecule has 0 spiro atoms. The predicted molar refractivity (Wildman–Crippen MR) is 114 cm³/mol. The number of amides is 1. The minimum atomic E-state index is -3.75. The number of benzene rings is 2. The van der Waals surface area contributed by atoms with Crippen LogP contribution >= 0.6 is 0 Å². The van der Waals surface area contributed by atoms with Crippen LogP contribution in [0.4, 0.5) is 11.4 Å². The molecule has 2 aromatic carbocycles. The molecule has 2 rings (SSSR count). The molecule has 0 aromatic heterocycles. The van der Waals surface area contributed by atoms with Gasteiger partial charge in [0.25, 0.3) is 5.91 Å². The van der Waals surface area contributed by atoms with E-state index >= 15 is 0 Å². The van der Waals surface area contributed by atoms with Gasteiger partial charge in [0.05, 0.1) is 16.7 Å². The Bertz CT molecular complexity index is 1120. The molecule has 0 saturated carbocycles. The van der Waals surface area contributed by atoms with Gasteiger partial charge in [0, 0.05) is 29.9 Å². The van der Waals surface area contributed by atoms with Crippen LogP contribution < -0.4 is 14.8 Å². The van der Waals surface area contributed by atoms with Gasteiger partial charge in [-0.05, 0) is 55.0 Å². The molecular formula is C19H22N4O5S2. The Labute approximate surface area is 176 Å². The zero-order valence-electron chi connectivity index (χ0n) is 16.3. The summed E-state index contributed by atoms with van der Waals surface area (Å²) in [6.07, 6.45) is 0.554. The molecule has 3 N–H and O–H groups in total. The van der Waals surface area contributed by atoms with E-state index in [2.05, 4.69) is 14.8 Å². The highest BCUT2D eigenvalue weighted by Gasteiger charge is 2.15. The summed E-state index contributed by atoms with van der Waals surface area (Å²) in [4.78, 5) is 12.3. The van der Waals surface area contributed by atoms with Crippen molar-refractivity contribution in [3.63, 3.8) is 0 Å². The third kappa shape index (κ3) is 6.84. The van der Waals surface area contributed by atoms with Crippen molar-refractivity contribution in [1.29, 1.82) is 5.26 Å². The van der Waals surface area contributed by atoms with Gasteiger partial charge in [0.15, 0.2) is 0 Å². The third-order valence-electron chi connectivity index (χ3n) is 3.84. The maximum Gasteiger partial charge on any atom is 0.255 e. The van der Waals surface area contributed by atoms with Crippen LogP contribution in [0.25, 0.3) is 0 Å². The summed E-state index contributed by atoms with van der Waals surface area (Å²) < 4.78 is 52.5. The van der Waals surface area contributed by atoms with Crippen LogP contribution in [0.1, 0.15) is 30.1 Å². The average Bonchev–Trinajstić information content (AvgIpc) is 2.69. The molecule has 0 aliphatic heterocycles. The lowest BCUT2D eigenvalue weighted by atomic mass is 10.2. The van der Waals surface area contributed by atoms with Gasteiger partial charge in [-0.1, -0.05) is 6.92 Å². The topological polar surface area (TPSA) is 145 Å². The zero-order valence-corrected chi connectivity index (χ0v) is 17.9. The van der Waals surface area contributed by atoms with Crippen LogP contribution in [-0.2, 0) is 20.0 Å². The Kier molecular flexibility index (Phi) is 7.93. The highest BCUT2D eigenvalue weighted by molar-refractivity contribution is 7.92. The Morgan fingerprint density at radius 3 is 2.13 bits per heavy atom. The number of nitrogens with zero attached hydrogens (tertiary/aromatic N) is 1. The molecule has 0 saturated heterocycles. The number of nitriles is 1. The molecular weight excluding hydrogens is 428 g/mol. The van der Waals surface area contributed by atoms with Crippen LogP contribution in [0, 0.1) is 11.3 Å². The first-order valence-corrected chi connectivity index (χ1v) is 12.2. The van der Waals surface area contributed by atoms with Crippen LogP contribution in [-0.4, -0.2) is 35.0 Å². The van der Waals surface area contributed by atoms with E-state index < -0.39 is 26.0 Å². The summed E-state index contributed by atoms with van der Waals surface area (Å²) in [6.45, 7) is 1.77. The summed E-state index contributed by atoms with van der Waals surface area (Å²) in [5, 5.41) is 11.1. The smallest absolute Gasteiger partial charge is 0.255 e. The van der Waals surface area contributed by atoms with Crippen molar-refractivity contribution in [3.8, 4) is 6.07 Å². The molecule has 0 radical (unpaired) electrons. The second-order valence-corrected chi connectivity index (χ2v) is 9.89. The normalized spacial score (nSPS) is 11.5. The molecule has 0 aliphatic carbocycles. The lowest BCUT2D eigenvalue weighted by molar-refractivity contribution is 0.102. The Balaban J connectivity index is 2.02. The quantitative estimate of drug-likeness (QED) is 0.474. The first-order valence-electron chi connectivity index (χ1n) is 9.05. The van der Waals surface area contributed by atoms with Crippen molar-refractivity contribution < 1.29 is 21.6 Å². The van der Waals surface area contributed by atoms with E-state index in [0.717, 1.165) is 0 Å². The van der Waals surface area contributed by atoms with Crippen LogP contribution in [0.5, 0.6) is 0 Å². The first kappa shape index (κ1) is 23.3. The number of carbonyl (C=O) groups is 1. The largest absolute Gasteiger partial charge is 0.322 e. The summed E-state index contributed by atoms with van der Waals surface area (Å²) in [5.74, 6) is -0.430. The van der Waals surface area contributed by atoms with Gasteiger partial charge in [0.1, 0.15) is 0 Å². The molecule has 0 unspecified atom stereocenters. The van der Waals surface area contributed by atoms with E-state index in [9.17, 15) is 21.6 Å². The fourth-order valence-electron chi connectivity index (χ4n) is 2.43. The van der Waals surface area contributed by atoms with Crippen molar-refractivity contribution in [3.05, 3.63) is 54.1 Å². The summed E-state index contributed by atoms with van der Waals surface area (Å²) >= 11 is 0. The van der Waals surface area contributed by atoms with Gasteiger partial charge < -0.3 is 5.32 Å². The standard InChI is InChI=1S/C19H22N4O5S2/c1-2-14-29(25,26)23-17-8-6-16(7-9-17)22-19(24)15-4-10-18(11-5-15)30(27,28)21-13-3-12-20/h4-11,21,23H,2-3,13-14H2,1H3,(H,22,24). The molecule has 0 heterocycles. The summed E-state index contributed by atoms with van der Waals surface area (Å²) in [7, 11) is -7.14. The van der Waals surface area contributed by atoms with Crippen molar-refractivity contribution >= 4 is 37.3 Å². The maximum absolute atomic E-state index is 12.4. The van der Waals surface area contributed by atoms with E-state index in [0.29, 0.717) is 17.8 Å². The number of carbonyl (C=O) groups excluding carboxylic acids is 1. The molecule has 9 nitrogen and oxygen atoms in total. The van der Waals surface area contributed by atoms with E-state index in [4.69, 9.17) is 5.26 Å². The Hall–Kier alpha value is -2.94. The minimum Gasteiger partial charge on any atom is -0.322 e. The number of hydrogen-bond donors (Lipinski definition) is 3. The minimum absolute atomic E-state index is 0.00562. The second kappa shape index (κ2) is 10.2. The van der Waals surface area contributed by atoms with Crippen LogP contribution in [0.2, 0.25) is 0 Å². The van der Waals surface area contributed by atoms with E-state index in [1.807, 2.05) is 6.07 Å². The zero-order chi connectivity index (χ0) is 22.2. The number of nitrogens with one attached hydrogen (secondary N) is 3. The number of hydrogen-bond acceptors (Lipinski definition) is 6. The second-order valence-electron chi connectivity index (χ2n) is 6.28. The Morgan fingerprint density at radius 1 is 0.967 bits per heavy atom. The number of sulfonamides is 2. The molecule has 160 valence electrons. The van der Waals surface area contributed by atoms with Crippen molar-refractivity contribution in [1.82, 2.24) is 4.72 Å². The Morgan fingerprint density at radius 2 is 1.57 bits per heavy atom. The van der Waals surface area contributed by atoms with Gasteiger partial charge in [0.2, 0.25) is 20.0 Å².